The molecule has 0 bridgehead atoms. The Balaban J connectivity index is 2.06. The molecule has 0 N–H and O–H groups in total. The van der Waals surface area contributed by atoms with Crippen molar-refractivity contribution in [1.29, 1.82) is 0 Å². The van der Waals surface area contributed by atoms with Gasteiger partial charge in [0.05, 0.1) is 0 Å². The number of rotatable bonds is 4. The van der Waals surface area contributed by atoms with Crippen LogP contribution in [0.4, 0.5) is 0 Å². The van der Waals surface area contributed by atoms with Gasteiger partial charge in [0.2, 0.25) is 0 Å². The van der Waals surface area contributed by atoms with Crippen molar-refractivity contribution in [3.63, 3.8) is 0 Å². The van der Waals surface area contributed by atoms with Gasteiger partial charge in [-0.05, 0) is 43.6 Å². The van der Waals surface area contributed by atoms with Gasteiger partial charge in [-0.2, -0.15) is 0 Å². The molecule has 1 aromatic rings. The Bertz CT molecular complexity index is 409. The lowest BCUT2D eigenvalue weighted by Gasteiger charge is -2.27. The van der Waals surface area contributed by atoms with Crippen molar-refractivity contribution >= 4 is 11.6 Å². The molecule has 1 saturated carbocycles. The van der Waals surface area contributed by atoms with E-state index in [9.17, 15) is 0 Å². The van der Waals surface area contributed by atoms with E-state index in [4.69, 9.17) is 16.6 Å². The minimum Gasteiger partial charge on any atom is -0.237 e. The van der Waals surface area contributed by atoms with E-state index >= 15 is 0 Å². The molecule has 3 heteroatoms. The van der Waals surface area contributed by atoms with Gasteiger partial charge in [-0.25, -0.2) is 9.97 Å². The lowest BCUT2D eigenvalue weighted by Crippen LogP contribution is -2.16. The summed E-state index contributed by atoms with van der Waals surface area (Å²) in [6.07, 6.45) is 7.78. The molecule has 2 nitrogen and oxygen atoms in total. The SMILES string of the molecule is CCCC1CCC(c2nc(Cl)cc(C(C)C)n2)CC1. The molecule has 19 heavy (non-hydrogen) atoms. The smallest absolute Gasteiger partial charge is 0.133 e. The van der Waals surface area contributed by atoms with Crippen LogP contribution in [0.3, 0.4) is 0 Å². The molecule has 1 aromatic heterocycles. The van der Waals surface area contributed by atoms with E-state index in [1.165, 1.54) is 38.5 Å². The Morgan fingerprint density at radius 2 is 1.89 bits per heavy atom. The second-order valence-electron chi connectivity index (χ2n) is 6.13. The zero-order chi connectivity index (χ0) is 13.8. The number of halogens is 1. The fourth-order valence-corrected chi connectivity index (χ4v) is 3.25. The molecule has 0 saturated heterocycles. The van der Waals surface area contributed by atoms with Gasteiger partial charge >= 0.3 is 0 Å². The van der Waals surface area contributed by atoms with Crippen LogP contribution < -0.4 is 0 Å². The average molecular weight is 281 g/mol. The van der Waals surface area contributed by atoms with Gasteiger partial charge in [0.15, 0.2) is 0 Å². The van der Waals surface area contributed by atoms with Crippen molar-refractivity contribution in [2.24, 2.45) is 5.92 Å². The summed E-state index contributed by atoms with van der Waals surface area (Å²) in [6.45, 7) is 6.59. The molecule has 0 aliphatic heterocycles. The van der Waals surface area contributed by atoms with Gasteiger partial charge < -0.3 is 0 Å². The first-order chi connectivity index (χ1) is 9.10. The van der Waals surface area contributed by atoms with Gasteiger partial charge in [-0.1, -0.05) is 45.2 Å². The highest BCUT2D eigenvalue weighted by molar-refractivity contribution is 6.29. The lowest BCUT2D eigenvalue weighted by atomic mass is 9.79. The Kier molecular flexibility index (Phi) is 5.20. The van der Waals surface area contributed by atoms with Gasteiger partial charge in [0.25, 0.3) is 0 Å². The lowest BCUT2D eigenvalue weighted by molar-refractivity contribution is 0.302. The quantitative estimate of drug-likeness (QED) is 0.697. The minimum atomic E-state index is 0.413. The molecule has 0 spiro atoms. The van der Waals surface area contributed by atoms with Crippen LogP contribution in [0, 0.1) is 5.92 Å². The van der Waals surface area contributed by atoms with Gasteiger partial charge in [-0.3, -0.25) is 0 Å². The molecule has 0 amide bonds. The van der Waals surface area contributed by atoms with Crippen molar-refractivity contribution in [2.75, 3.05) is 0 Å². The van der Waals surface area contributed by atoms with Gasteiger partial charge in [0.1, 0.15) is 11.0 Å². The topological polar surface area (TPSA) is 25.8 Å². The van der Waals surface area contributed by atoms with E-state index in [-0.39, 0.29) is 0 Å². The van der Waals surface area contributed by atoms with E-state index in [0.717, 1.165) is 17.4 Å². The summed E-state index contributed by atoms with van der Waals surface area (Å²) in [4.78, 5) is 9.20. The number of hydrogen-bond acceptors (Lipinski definition) is 2. The fraction of sp³-hybridized carbons (Fsp3) is 0.750. The van der Waals surface area contributed by atoms with Crippen LogP contribution in [0.25, 0.3) is 0 Å². The highest BCUT2D eigenvalue weighted by Gasteiger charge is 2.24. The maximum Gasteiger partial charge on any atom is 0.133 e. The largest absolute Gasteiger partial charge is 0.237 e. The van der Waals surface area contributed by atoms with Crippen molar-refractivity contribution < 1.29 is 0 Å². The van der Waals surface area contributed by atoms with E-state index in [1.54, 1.807) is 0 Å². The number of aromatic nitrogens is 2. The standard InChI is InChI=1S/C16H25ClN2/c1-4-5-12-6-8-13(9-7-12)16-18-14(11(2)3)10-15(17)19-16/h10-13H,4-9H2,1-3H3. The van der Waals surface area contributed by atoms with Crippen LogP contribution in [-0.2, 0) is 0 Å². The van der Waals surface area contributed by atoms with E-state index in [2.05, 4.69) is 25.8 Å². The molecular weight excluding hydrogens is 256 g/mol. The van der Waals surface area contributed by atoms with Crippen molar-refractivity contribution in [3.05, 3.63) is 22.7 Å². The van der Waals surface area contributed by atoms with Crippen LogP contribution in [0.1, 0.15) is 82.7 Å². The highest BCUT2D eigenvalue weighted by Crippen LogP contribution is 2.36. The normalized spacial score (nSPS) is 23.8. The highest BCUT2D eigenvalue weighted by atomic mass is 35.5. The Morgan fingerprint density at radius 1 is 1.21 bits per heavy atom. The summed E-state index contributed by atoms with van der Waals surface area (Å²) in [6, 6.07) is 1.90. The fourth-order valence-electron chi connectivity index (χ4n) is 3.05. The monoisotopic (exact) mass is 280 g/mol. The van der Waals surface area contributed by atoms with E-state index in [0.29, 0.717) is 17.0 Å². The molecule has 1 aliphatic carbocycles. The van der Waals surface area contributed by atoms with Crippen LogP contribution in [0.2, 0.25) is 5.15 Å². The first-order valence-corrected chi connectivity index (χ1v) is 8.02. The maximum absolute atomic E-state index is 6.14. The summed E-state index contributed by atoms with van der Waals surface area (Å²) < 4.78 is 0. The van der Waals surface area contributed by atoms with Crippen molar-refractivity contribution in [3.8, 4) is 0 Å². The Labute approximate surface area is 122 Å². The van der Waals surface area contributed by atoms with Crippen LogP contribution in [0.5, 0.6) is 0 Å². The molecule has 2 rings (SSSR count). The van der Waals surface area contributed by atoms with Gasteiger partial charge in [0, 0.05) is 11.6 Å². The summed E-state index contributed by atoms with van der Waals surface area (Å²) in [5.74, 6) is 2.83. The second-order valence-corrected chi connectivity index (χ2v) is 6.52. The molecule has 1 heterocycles. The zero-order valence-electron chi connectivity index (χ0n) is 12.3. The number of hydrogen-bond donors (Lipinski definition) is 0. The third-order valence-electron chi connectivity index (χ3n) is 4.23. The van der Waals surface area contributed by atoms with Crippen molar-refractivity contribution in [1.82, 2.24) is 9.97 Å². The molecule has 1 aliphatic rings. The predicted octanol–water partition coefficient (Wildman–Crippen LogP) is 5.33. The van der Waals surface area contributed by atoms with Crippen molar-refractivity contribution in [2.45, 2.75) is 71.1 Å². The molecule has 0 unspecified atom stereocenters. The minimum absolute atomic E-state index is 0.413. The van der Waals surface area contributed by atoms with E-state index in [1.807, 2.05) is 6.07 Å². The molecular formula is C16H25ClN2. The maximum atomic E-state index is 6.14. The second kappa shape index (κ2) is 6.69. The van der Waals surface area contributed by atoms with Gasteiger partial charge in [-0.15, -0.1) is 0 Å². The van der Waals surface area contributed by atoms with Crippen LogP contribution in [0.15, 0.2) is 6.07 Å². The molecule has 106 valence electrons. The molecule has 0 radical (unpaired) electrons. The third-order valence-corrected chi connectivity index (χ3v) is 4.43. The summed E-state index contributed by atoms with van der Waals surface area (Å²) in [5.41, 5.74) is 1.07. The predicted molar refractivity (Wildman–Crippen MR) is 80.7 cm³/mol. The zero-order valence-corrected chi connectivity index (χ0v) is 13.1. The average Bonchev–Trinajstić information content (AvgIpc) is 2.39. The summed E-state index contributed by atoms with van der Waals surface area (Å²) in [7, 11) is 0. The number of nitrogens with zero attached hydrogens (tertiary/aromatic N) is 2. The molecule has 0 atom stereocenters. The first kappa shape index (κ1) is 14.8. The molecule has 1 fully saturated rings. The third kappa shape index (κ3) is 3.92. The first-order valence-electron chi connectivity index (χ1n) is 7.64. The Hall–Kier alpha value is -0.630. The van der Waals surface area contributed by atoms with Crippen LogP contribution in [-0.4, -0.2) is 9.97 Å². The van der Waals surface area contributed by atoms with Crippen LogP contribution >= 0.6 is 11.6 Å². The Morgan fingerprint density at radius 3 is 2.47 bits per heavy atom. The summed E-state index contributed by atoms with van der Waals surface area (Å²) >= 11 is 6.14. The summed E-state index contributed by atoms with van der Waals surface area (Å²) in [5, 5.41) is 0.601. The molecule has 0 aromatic carbocycles. The van der Waals surface area contributed by atoms with E-state index < -0.39 is 0 Å².